The number of aromatic amines is 1. The molecule has 0 bridgehead atoms. The van der Waals surface area contributed by atoms with E-state index in [1.165, 1.54) is 6.92 Å². The zero-order chi connectivity index (χ0) is 8.77. The molecule has 1 aromatic rings. The van der Waals surface area contributed by atoms with Crippen LogP contribution in [0.15, 0.2) is 11.6 Å². The second-order valence-corrected chi connectivity index (χ2v) is 3.05. The summed E-state index contributed by atoms with van der Waals surface area (Å²) in [5.41, 5.74) is 0.405. The van der Waals surface area contributed by atoms with Gasteiger partial charge in [-0.3, -0.25) is 4.79 Å². The average molecular weight is 164 g/mol. The van der Waals surface area contributed by atoms with Crippen LogP contribution in [0.4, 0.5) is 0 Å². The SMILES string of the molecule is CC(=O)C1=CC1(C)c1nn[nH]n1. The van der Waals surface area contributed by atoms with Crippen LogP contribution in [0.3, 0.4) is 0 Å². The number of H-pyrrole nitrogens is 1. The van der Waals surface area contributed by atoms with Crippen molar-refractivity contribution >= 4 is 5.78 Å². The molecule has 0 aliphatic heterocycles. The van der Waals surface area contributed by atoms with Crippen molar-refractivity contribution in [2.45, 2.75) is 19.3 Å². The molecular weight excluding hydrogens is 156 g/mol. The molecule has 1 aromatic heterocycles. The summed E-state index contributed by atoms with van der Waals surface area (Å²) in [4.78, 5) is 11.0. The Balaban J connectivity index is 2.26. The molecule has 0 saturated carbocycles. The number of Topliss-reactive ketones (excluding diaryl/α,β-unsaturated/α-hetero) is 1. The van der Waals surface area contributed by atoms with Crippen LogP contribution in [0.5, 0.6) is 0 Å². The minimum absolute atomic E-state index is 0.0716. The minimum atomic E-state index is -0.362. The van der Waals surface area contributed by atoms with Crippen molar-refractivity contribution in [3.63, 3.8) is 0 Å². The number of carbonyl (C=O) groups excluding carboxylic acids is 1. The summed E-state index contributed by atoms with van der Waals surface area (Å²) < 4.78 is 0. The first-order valence-electron chi connectivity index (χ1n) is 3.63. The van der Waals surface area contributed by atoms with E-state index in [0.717, 1.165) is 5.57 Å². The van der Waals surface area contributed by atoms with Gasteiger partial charge in [-0.2, -0.15) is 5.21 Å². The molecular formula is C7H8N4O. The smallest absolute Gasteiger partial charge is 0.188 e. The van der Waals surface area contributed by atoms with Gasteiger partial charge in [-0.25, -0.2) is 0 Å². The number of hydrogen-bond donors (Lipinski definition) is 1. The van der Waals surface area contributed by atoms with E-state index in [9.17, 15) is 4.79 Å². The average Bonchev–Trinajstić information content (AvgIpc) is 2.52. The molecule has 0 radical (unpaired) electrons. The van der Waals surface area contributed by atoms with Crippen LogP contribution >= 0.6 is 0 Å². The number of aromatic nitrogens is 4. The maximum absolute atomic E-state index is 11.0. The summed E-state index contributed by atoms with van der Waals surface area (Å²) in [6.45, 7) is 3.44. The van der Waals surface area contributed by atoms with Gasteiger partial charge in [0, 0.05) is 5.57 Å². The lowest BCUT2D eigenvalue weighted by molar-refractivity contribution is -0.113. The van der Waals surface area contributed by atoms with Gasteiger partial charge >= 0.3 is 0 Å². The predicted octanol–water partition coefficient (Wildman–Crippen LogP) is -0.0136. The van der Waals surface area contributed by atoms with Gasteiger partial charge in [0.15, 0.2) is 11.6 Å². The zero-order valence-electron chi connectivity index (χ0n) is 6.83. The van der Waals surface area contributed by atoms with Crippen LogP contribution in [0.2, 0.25) is 0 Å². The van der Waals surface area contributed by atoms with Crippen LogP contribution in [-0.4, -0.2) is 26.4 Å². The highest BCUT2D eigenvalue weighted by molar-refractivity contribution is 6.01. The standard InChI is InChI=1S/C7H8N4O/c1-4(12)5-3-7(5,2)6-8-10-11-9-6/h3H,1-2H3,(H,8,9,10,11). The number of rotatable bonds is 2. The Labute approximate surface area is 68.9 Å². The number of nitrogens with one attached hydrogen (secondary N) is 1. The van der Waals surface area contributed by atoms with Crippen molar-refractivity contribution in [3.05, 3.63) is 17.5 Å². The third-order valence-electron chi connectivity index (χ3n) is 2.10. The van der Waals surface area contributed by atoms with E-state index in [1.807, 2.05) is 13.0 Å². The van der Waals surface area contributed by atoms with E-state index in [-0.39, 0.29) is 11.2 Å². The first-order valence-corrected chi connectivity index (χ1v) is 3.63. The highest BCUT2D eigenvalue weighted by atomic mass is 16.1. The Kier molecular flexibility index (Phi) is 1.19. The van der Waals surface area contributed by atoms with Gasteiger partial charge < -0.3 is 0 Å². The van der Waals surface area contributed by atoms with E-state index >= 15 is 0 Å². The van der Waals surface area contributed by atoms with Gasteiger partial charge in [-0.05, 0) is 13.8 Å². The van der Waals surface area contributed by atoms with Gasteiger partial charge in [0.2, 0.25) is 0 Å². The van der Waals surface area contributed by atoms with Gasteiger partial charge in [-0.1, -0.05) is 11.3 Å². The number of hydrogen-bond acceptors (Lipinski definition) is 4. The highest BCUT2D eigenvalue weighted by Gasteiger charge is 2.46. The topological polar surface area (TPSA) is 71.5 Å². The Hall–Kier alpha value is -1.52. The maximum Gasteiger partial charge on any atom is 0.188 e. The zero-order valence-corrected chi connectivity index (χ0v) is 6.83. The third kappa shape index (κ3) is 0.792. The molecule has 2 rings (SSSR count). The van der Waals surface area contributed by atoms with Gasteiger partial charge in [-0.15, -0.1) is 10.2 Å². The molecule has 0 spiro atoms. The molecule has 0 fully saturated rings. The van der Waals surface area contributed by atoms with Crippen molar-refractivity contribution < 1.29 is 4.79 Å². The number of carbonyl (C=O) groups is 1. The molecule has 1 aliphatic carbocycles. The summed E-state index contributed by atoms with van der Waals surface area (Å²) in [5.74, 6) is 0.634. The first kappa shape index (κ1) is 7.15. The van der Waals surface area contributed by atoms with Crippen molar-refractivity contribution in [3.8, 4) is 0 Å². The van der Waals surface area contributed by atoms with E-state index in [1.54, 1.807) is 0 Å². The molecule has 5 nitrogen and oxygen atoms in total. The molecule has 5 heteroatoms. The van der Waals surface area contributed by atoms with Crippen molar-refractivity contribution in [1.82, 2.24) is 20.6 Å². The Morgan fingerprint density at radius 2 is 2.42 bits per heavy atom. The Morgan fingerprint density at radius 3 is 2.83 bits per heavy atom. The molecule has 0 saturated heterocycles. The van der Waals surface area contributed by atoms with Crippen LogP contribution in [-0.2, 0) is 10.2 Å². The molecule has 0 aromatic carbocycles. The normalized spacial score (nSPS) is 26.7. The van der Waals surface area contributed by atoms with E-state index in [0.29, 0.717) is 5.82 Å². The molecule has 1 unspecified atom stereocenters. The summed E-state index contributed by atoms with van der Waals surface area (Å²) in [5, 5.41) is 13.5. The fourth-order valence-corrected chi connectivity index (χ4v) is 1.29. The monoisotopic (exact) mass is 164 g/mol. The molecule has 0 amide bonds. The van der Waals surface area contributed by atoms with Crippen molar-refractivity contribution in [1.29, 1.82) is 0 Å². The molecule has 12 heavy (non-hydrogen) atoms. The largest absolute Gasteiger partial charge is 0.295 e. The summed E-state index contributed by atoms with van der Waals surface area (Å²) in [6.07, 6.45) is 1.85. The second-order valence-electron chi connectivity index (χ2n) is 3.05. The molecule has 62 valence electrons. The quantitative estimate of drug-likeness (QED) is 0.667. The van der Waals surface area contributed by atoms with Crippen molar-refractivity contribution in [2.24, 2.45) is 0 Å². The second kappa shape index (κ2) is 2.00. The highest BCUT2D eigenvalue weighted by Crippen LogP contribution is 2.44. The minimum Gasteiger partial charge on any atom is -0.295 e. The first-order chi connectivity index (χ1) is 5.64. The van der Waals surface area contributed by atoms with E-state index in [4.69, 9.17) is 0 Å². The Morgan fingerprint density at radius 1 is 1.67 bits per heavy atom. The summed E-state index contributed by atoms with van der Waals surface area (Å²) >= 11 is 0. The van der Waals surface area contributed by atoms with Crippen LogP contribution < -0.4 is 0 Å². The fraction of sp³-hybridized carbons (Fsp3) is 0.429. The van der Waals surface area contributed by atoms with Gasteiger partial charge in [0.1, 0.15) is 0 Å². The van der Waals surface area contributed by atoms with Gasteiger partial charge in [0.05, 0.1) is 5.41 Å². The lowest BCUT2D eigenvalue weighted by Crippen LogP contribution is -2.11. The lowest BCUT2D eigenvalue weighted by atomic mass is 10.0. The number of tetrazole rings is 1. The molecule has 1 heterocycles. The molecule has 1 aliphatic rings. The lowest BCUT2D eigenvalue weighted by Gasteiger charge is -2.03. The summed E-state index contributed by atoms with van der Waals surface area (Å²) in [7, 11) is 0. The van der Waals surface area contributed by atoms with Gasteiger partial charge in [0.25, 0.3) is 0 Å². The number of allylic oxidation sites excluding steroid dienone is 2. The van der Waals surface area contributed by atoms with Crippen LogP contribution in [0.25, 0.3) is 0 Å². The Bertz CT molecular complexity index is 353. The van der Waals surface area contributed by atoms with E-state index in [2.05, 4.69) is 20.6 Å². The fourth-order valence-electron chi connectivity index (χ4n) is 1.29. The van der Waals surface area contributed by atoms with Crippen LogP contribution in [0.1, 0.15) is 19.7 Å². The summed E-state index contributed by atoms with van der Waals surface area (Å²) in [6, 6.07) is 0. The predicted molar refractivity (Wildman–Crippen MR) is 40.3 cm³/mol. The molecule has 1 N–H and O–H groups in total. The molecule has 1 atom stereocenters. The maximum atomic E-state index is 11.0. The number of nitrogens with zero attached hydrogens (tertiary/aromatic N) is 3. The van der Waals surface area contributed by atoms with Crippen molar-refractivity contribution in [2.75, 3.05) is 0 Å². The third-order valence-corrected chi connectivity index (χ3v) is 2.10. The van der Waals surface area contributed by atoms with E-state index < -0.39 is 0 Å². The van der Waals surface area contributed by atoms with Crippen LogP contribution in [0, 0.1) is 0 Å². The number of ketones is 1.